The van der Waals surface area contributed by atoms with Crippen LogP contribution in [0.2, 0.25) is 0 Å². The smallest absolute Gasteiger partial charge is 0.321 e. The maximum absolute atomic E-state index is 11.7. The van der Waals surface area contributed by atoms with Gasteiger partial charge in [0.15, 0.2) is 0 Å². The lowest BCUT2D eigenvalue weighted by Crippen LogP contribution is -3.14. The van der Waals surface area contributed by atoms with Gasteiger partial charge in [-0.15, -0.1) is 0 Å². The lowest BCUT2D eigenvalue weighted by molar-refractivity contribution is -0.908. The van der Waals surface area contributed by atoms with E-state index in [1.807, 2.05) is 6.07 Å². The fourth-order valence-corrected chi connectivity index (χ4v) is 2.26. The molecule has 1 aliphatic rings. The molecule has 2 rings (SSSR count). The van der Waals surface area contributed by atoms with E-state index in [9.17, 15) is 9.59 Å². The maximum atomic E-state index is 11.7. The van der Waals surface area contributed by atoms with Crippen molar-refractivity contribution in [1.82, 2.24) is 10.6 Å². The summed E-state index contributed by atoms with van der Waals surface area (Å²) >= 11 is 0. The number of urea groups is 1. The van der Waals surface area contributed by atoms with Crippen LogP contribution in [-0.2, 0) is 4.74 Å². The van der Waals surface area contributed by atoms with Crippen molar-refractivity contribution in [3.05, 3.63) is 35.9 Å². The van der Waals surface area contributed by atoms with Gasteiger partial charge in [0.2, 0.25) is 0 Å². The largest absolute Gasteiger partial charge is 0.370 e. The molecule has 0 aromatic heterocycles. The number of rotatable bonds is 5. The van der Waals surface area contributed by atoms with Gasteiger partial charge in [-0.05, 0) is 12.1 Å². The average molecular weight is 292 g/mol. The number of imide groups is 1. The lowest BCUT2D eigenvalue weighted by atomic mass is 10.2. The summed E-state index contributed by atoms with van der Waals surface area (Å²) in [6.45, 7) is 5.26. The second-order valence-electron chi connectivity index (χ2n) is 5.04. The molecule has 3 N–H and O–H groups in total. The average Bonchev–Trinajstić information content (AvgIpc) is 2.53. The molecule has 0 spiro atoms. The van der Waals surface area contributed by atoms with E-state index >= 15 is 0 Å². The molecule has 1 aromatic carbocycles. The summed E-state index contributed by atoms with van der Waals surface area (Å²) in [5.41, 5.74) is 0.477. The zero-order valence-electron chi connectivity index (χ0n) is 12.1. The van der Waals surface area contributed by atoms with E-state index in [2.05, 4.69) is 10.6 Å². The molecule has 1 fully saturated rings. The fraction of sp³-hybridized carbons (Fsp3) is 0.467. The first-order valence-electron chi connectivity index (χ1n) is 7.31. The zero-order chi connectivity index (χ0) is 14.9. The van der Waals surface area contributed by atoms with Crippen molar-refractivity contribution in [2.45, 2.75) is 6.42 Å². The minimum absolute atomic E-state index is 0.382. The van der Waals surface area contributed by atoms with Crippen LogP contribution in [0.5, 0.6) is 0 Å². The molecule has 1 aromatic rings. The van der Waals surface area contributed by atoms with Crippen LogP contribution in [-0.4, -0.2) is 51.3 Å². The van der Waals surface area contributed by atoms with Crippen molar-refractivity contribution in [2.75, 3.05) is 39.4 Å². The number of carbonyl (C=O) groups excluding carboxylic acids is 2. The van der Waals surface area contributed by atoms with Gasteiger partial charge < -0.3 is 15.0 Å². The Labute approximate surface area is 124 Å². The third-order valence-corrected chi connectivity index (χ3v) is 3.46. The molecule has 0 aliphatic carbocycles. The van der Waals surface area contributed by atoms with Gasteiger partial charge in [-0.1, -0.05) is 18.2 Å². The lowest BCUT2D eigenvalue weighted by Gasteiger charge is -2.23. The number of nitrogens with one attached hydrogen (secondary N) is 3. The summed E-state index contributed by atoms with van der Waals surface area (Å²) in [5.74, 6) is -0.382. The third-order valence-electron chi connectivity index (χ3n) is 3.46. The molecule has 6 nitrogen and oxygen atoms in total. The van der Waals surface area contributed by atoms with Gasteiger partial charge in [-0.2, -0.15) is 0 Å². The molecule has 0 radical (unpaired) electrons. The first-order valence-corrected chi connectivity index (χ1v) is 7.31. The van der Waals surface area contributed by atoms with Gasteiger partial charge >= 0.3 is 6.03 Å². The normalized spacial score (nSPS) is 15.4. The Morgan fingerprint density at radius 3 is 2.57 bits per heavy atom. The summed E-state index contributed by atoms with van der Waals surface area (Å²) < 4.78 is 5.29. The third kappa shape index (κ3) is 5.53. The molecule has 0 saturated carbocycles. The molecule has 0 bridgehead atoms. The van der Waals surface area contributed by atoms with Crippen molar-refractivity contribution in [1.29, 1.82) is 0 Å². The SMILES string of the molecule is O=C(NCCC[NH+]1CCOCC1)NC(=O)c1ccccc1. The molecule has 0 unspecified atom stereocenters. The minimum atomic E-state index is -0.444. The fourth-order valence-electron chi connectivity index (χ4n) is 2.26. The highest BCUT2D eigenvalue weighted by Gasteiger charge is 2.13. The van der Waals surface area contributed by atoms with Crippen LogP contribution in [0.25, 0.3) is 0 Å². The van der Waals surface area contributed by atoms with Crippen LogP contribution >= 0.6 is 0 Å². The van der Waals surface area contributed by atoms with Crippen LogP contribution in [0.3, 0.4) is 0 Å². The van der Waals surface area contributed by atoms with E-state index in [-0.39, 0.29) is 5.91 Å². The number of hydrogen-bond acceptors (Lipinski definition) is 3. The van der Waals surface area contributed by atoms with Crippen LogP contribution in [0.1, 0.15) is 16.8 Å². The minimum Gasteiger partial charge on any atom is -0.370 e. The number of benzene rings is 1. The predicted octanol–water partition coefficient (Wildman–Crippen LogP) is -0.569. The Morgan fingerprint density at radius 2 is 1.86 bits per heavy atom. The first-order chi connectivity index (χ1) is 10.3. The summed E-state index contributed by atoms with van der Waals surface area (Å²) in [5, 5.41) is 5.03. The molecule has 3 amide bonds. The van der Waals surface area contributed by atoms with E-state index in [0.717, 1.165) is 39.3 Å². The van der Waals surface area contributed by atoms with Gasteiger partial charge in [-0.25, -0.2) is 4.79 Å². The van der Waals surface area contributed by atoms with Crippen molar-refractivity contribution in [3.63, 3.8) is 0 Å². The van der Waals surface area contributed by atoms with Crippen molar-refractivity contribution < 1.29 is 19.2 Å². The van der Waals surface area contributed by atoms with E-state index in [4.69, 9.17) is 4.74 Å². The van der Waals surface area contributed by atoms with Crippen LogP contribution in [0.4, 0.5) is 4.79 Å². The standard InChI is InChI=1S/C15H21N3O3/c19-14(13-5-2-1-3-6-13)17-15(20)16-7-4-8-18-9-11-21-12-10-18/h1-3,5-6H,4,7-12H2,(H2,16,17,19,20)/p+1. The molecule has 21 heavy (non-hydrogen) atoms. The van der Waals surface area contributed by atoms with Gasteiger partial charge in [0.25, 0.3) is 5.91 Å². The van der Waals surface area contributed by atoms with Crippen LogP contribution in [0, 0.1) is 0 Å². The van der Waals surface area contributed by atoms with Gasteiger partial charge in [0.05, 0.1) is 19.8 Å². The second-order valence-corrected chi connectivity index (χ2v) is 5.04. The molecular weight excluding hydrogens is 270 g/mol. The molecule has 1 saturated heterocycles. The van der Waals surface area contributed by atoms with Crippen LogP contribution in [0.15, 0.2) is 30.3 Å². The quantitative estimate of drug-likeness (QED) is 0.637. The van der Waals surface area contributed by atoms with Crippen molar-refractivity contribution in [3.8, 4) is 0 Å². The topological polar surface area (TPSA) is 71.9 Å². The van der Waals surface area contributed by atoms with E-state index in [1.165, 1.54) is 4.90 Å². The van der Waals surface area contributed by atoms with E-state index in [0.29, 0.717) is 12.1 Å². The molecule has 1 heterocycles. The number of ether oxygens (including phenoxy) is 1. The summed E-state index contributed by atoms with van der Waals surface area (Å²) in [6, 6.07) is 8.25. The summed E-state index contributed by atoms with van der Waals surface area (Å²) in [4.78, 5) is 24.9. The Kier molecular flexibility index (Phi) is 6.18. The predicted molar refractivity (Wildman–Crippen MR) is 78.3 cm³/mol. The number of morpholine rings is 1. The number of amides is 3. The number of quaternary nitrogens is 1. The zero-order valence-corrected chi connectivity index (χ0v) is 12.1. The Morgan fingerprint density at radius 1 is 1.14 bits per heavy atom. The van der Waals surface area contributed by atoms with Crippen molar-refractivity contribution in [2.24, 2.45) is 0 Å². The second kappa shape index (κ2) is 8.39. The van der Waals surface area contributed by atoms with E-state index in [1.54, 1.807) is 24.3 Å². The highest BCUT2D eigenvalue weighted by Crippen LogP contribution is 1.97. The Balaban J connectivity index is 1.60. The highest BCUT2D eigenvalue weighted by molar-refractivity contribution is 6.04. The van der Waals surface area contributed by atoms with Crippen LogP contribution < -0.4 is 15.5 Å². The monoisotopic (exact) mass is 292 g/mol. The number of hydrogen-bond donors (Lipinski definition) is 3. The first kappa shape index (κ1) is 15.5. The highest BCUT2D eigenvalue weighted by atomic mass is 16.5. The maximum Gasteiger partial charge on any atom is 0.321 e. The van der Waals surface area contributed by atoms with E-state index < -0.39 is 6.03 Å². The molecular formula is C15H22N3O3+. The molecule has 6 heteroatoms. The summed E-state index contributed by atoms with van der Waals surface area (Å²) in [6.07, 6.45) is 0.891. The van der Waals surface area contributed by atoms with Gasteiger partial charge in [-0.3, -0.25) is 10.1 Å². The van der Waals surface area contributed by atoms with Gasteiger partial charge in [0.1, 0.15) is 13.1 Å². The molecule has 1 aliphatic heterocycles. The summed E-state index contributed by atoms with van der Waals surface area (Å²) in [7, 11) is 0. The Bertz CT molecular complexity index is 458. The molecule has 0 atom stereocenters. The number of carbonyl (C=O) groups is 2. The molecule has 114 valence electrons. The van der Waals surface area contributed by atoms with Gasteiger partial charge in [0, 0.05) is 18.5 Å². The Hall–Kier alpha value is -1.92. The van der Waals surface area contributed by atoms with Crippen molar-refractivity contribution >= 4 is 11.9 Å².